The Morgan fingerprint density at radius 2 is 2.20 bits per heavy atom. The molecule has 1 aromatic heterocycles. The summed E-state index contributed by atoms with van der Waals surface area (Å²) in [7, 11) is 0. The minimum absolute atomic E-state index is 0.262. The number of halogens is 1. The Bertz CT molecular complexity index is 395. The van der Waals surface area contributed by atoms with Crippen LogP contribution in [0.5, 0.6) is 0 Å². The first-order valence-corrected chi connectivity index (χ1v) is 4.91. The number of ether oxygens (including phenoxy) is 1. The average Bonchev–Trinajstić information content (AvgIpc) is 2.17. The van der Waals surface area contributed by atoms with E-state index in [0.29, 0.717) is 4.47 Å². The molecule has 1 amide bonds. The highest BCUT2D eigenvalue weighted by Gasteiger charge is 2.16. The molecule has 1 atom stereocenters. The highest BCUT2D eigenvalue weighted by Crippen LogP contribution is 2.11. The van der Waals surface area contributed by atoms with Crippen molar-refractivity contribution in [3.8, 4) is 0 Å². The summed E-state index contributed by atoms with van der Waals surface area (Å²) in [6, 6.07) is 1.54. The second-order valence-corrected chi connectivity index (χ2v) is 3.76. The van der Waals surface area contributed by atoms with Crippen LogP contribution in [0.25, 0.3) is 0 Å². The van der Waals surface area contributed by atoms with Crippen LogP contribution >= 0.6 is 15.9 Å². The van der Waals surface area contributed by atoms with Crippen LogP contribution < -0.4 is 5.73 Å². The van der Waals surface area contributed by atoms with Crippen LogP contribution in [0.1, 0.15) is 17.3 Å². The first kappa shape index (κ1) is 11.6. The lowest BCUT2D eigenvalue weighted by Crippen LogP contribution is -2.30. The third kappa shape index (κ3) is 3.32. The topological polar surface area (TPSA) is 82.3 Å². The molecule has 0 aliphatic heterocycles. The molecule has 6 heteroatoms. The predicted octanol–water partition coefficient (Wildman–Crippen LogP) is 0.875. The molecule has 0 saturated carbocycles. The first-order valence-electron chi connectivity index (χ1n) is 4.11. The number of carbonyl (C=O) groups is 2. The standard InChI is InChI=1S/C9H9BrN2O3/c1-5(8(11)13)15-9(14)6-2-7(10)4-12-3-6/h2-5H,1H3,(H2,11,13)/t5-/m1/s1. The predicted molar refractivity (Wildman–Crippen MR) is 56.0 cm³/mol. The van der Waals surface area contributed by atoms with Gasteiger partial charge in [0.25, 0.3) is 5.91 Å². The van der Waals surface area contributed by atoms with E-state index in [9.17, 15) is 9.59 Å². The van der Waals surface area contributed by atoms with Gasteiger partial charge in [0.05, 0.1) is 5.56 Å². The van der Waals surface area contributed by atoms with Gasteiger partial charge in [0.15, 0.2) is 6.10 Å². The molecule has 0 bridgehead atoms. The van der Waals surface area contributed by atoms with Gasteiger partial charge in [-0.2, -0.15) is 0 Å². The maximum atomic E-state index is 11.4. The van der Waals surface area contributed by atoms with Crippen molar-refractivity contribution in [2.45, 2.75) is 13.0 Å². The molecular weight excluding hydrogens is 264 g/mol. The van der Waals surface area contributed by atoms with Gasteiger partial charge in [0.2, 0.25) is 0 Å². The Kier molecular flexibility index (Phi) is 3.79. The van der Waals surface area contributed by atoms with Gasteiger partial charge in [0.1, 0.15) is 0 Å². The second kappa shape index (κ2) is 4.88. The lowest BCUT2D eigenvalue weighted by atomic mass is 10.3. The number of esters is 1. The third-order valence-electron chi connectivity index (χ3n) is 1.63. The molecule has 2 N–H and O–H groups in total. The molecule has 1 heterocycles. The van der Waals surface area contributed by atoms with E-state index >= 15 is 0 Å². The number of hydrogen-bond acceptors (Lipinski definition) is 4. The van der Waals surface area contributed by atoms with Gasteiger partial charge < -0.3 is 10.5 Å². The summed E-state index contributed by atoms with van der Waals surface area (Å²) in [5, 5.41) is 0. The molecule has 0 spiro atoms. The molecule has 1 rings (SSSR count). The normalized spacial score (nSPS) is 11.9. The van der Waals surface area contributed by atoms with Crippen molar-refractivity contribution in [2.75, 3.05) is 0 Å². The number of carbonyl (C=O) groups excluding carboxylic acids is 2. The van der Waals surface area contributed by atoms with Crippen LogP contribution in [0.3, 0.4) is 0 Å². The summed E-state index contributed by atoms with van der Waals surface area (Å²) in [5.74, 6) is -1.32. The molecule has 5 nitrogen and oxygen atoms in total. The zero-order valence-electron chi connectivity index (χ0n) is 7.94. The molecule has 0 radical (unpaired) electrons. The Morgan fingerprint density at radius 3 is 2.73 bits per heavy atom. The maximum Gasteiger partial charge on any atom is 0.340 e. The van der Waals surface area contributed by atoms with Gasteiger partial charge in [-0.05, 0) is 28.9 Å². The smallest absolute Gasteiger partial charge is 0.340 e. The van der Waals surface area contributed by atoms with Crippen LogP contribution in [0.15, 0.2) is 22.9 Å². The number of nitrogens with zero attached hydrogens (tertiary/aromatic N) is 1. The van der Waals surface area contributed by atoms with E-state index in [-0.39, 0.29) is 5.56 Å². The number of nitrogens with two attached hydrogens (primary N) is 1. The molecule has 0 aliphatic carbocycles. The number of amides is 1. The lowest BCUT2D eigenvalue weighted by Gasteiger charge is -2.08. The molecule has 0 saturated heterocycles. The van der Waals surface area contributed by atoms with E-state index in [1.165, 1.54) is 19.3 Å². The van der Waals surface area contributed by atoms with Crippen molar-refractivity contribution in [1.29, 1.82) is 0 Å². The summed E-state index contributed by atoms with van der Waals surface area (Å²) in [4.78, 5) is 25.9. The van der Waals surface area contributed by atoms with Crippen LogP contribution in [0, 0.1) is 0 Å². The monoisotopic (exact) mass is 272 g/mol. The Balaban J connectivity index is 2.73. The average molecular weight is 273 g/mol. The van der Waals surface area contributed by atoms with Crippen molar-refractivity contribution in [2.24, 2.45) is 5.73 Å². The fraction of sp³-hybridized carbons (Fsp3) is 0.222. The van der Waals surface area contributed by atoms with Crippen molar-refractivity contribution in [1.82, 2.24) is 4.98 Å². The summed E-state index contributed by atoms with van der Waals surface area (Å²) in [5.41, 5.74) is 5.21. The largest absolute Gasteiger partial charge is 0.449 e. The Hall–Kier alpha value is -1.43. The minimum atomic E-state index is -0.948. The molecule has 80 valence electrons. The molecule has 0 aliphatic rings. The van der Waals surface area contributed by atoms with E-state index in [1.807, 2.05) is 0 Å². The first-order chi connectivity index (χ1) is 7.00. The number of rotatable bonds is 3. The van der Waals surface area contributed by atoms with E-state index in [1.54, 1.807) is 6.07 Å². The van der Waals surface area contributed by atoms with Crippen LogP contribution in [-0.2, 0) is 9.53 Å². The highest BCUT2D eigenvalue weighted by molar-refractivity contribution is 9.10. The summed E-state index contributed by atoms with van der Waals surface area (Å²) in [6.07, 6.45) is 1.94. The lowest BCUT2D eigenvalue weighted by molar-refractivity contribution is -0.125. The number of hydrogen-bond donors (Lipinski definition) is 1. The van der Waals surface area contributed by atoms with Crippen LogP contribution in [0.4, 0.5) is 0 Å². The molecule has 15 heavy (non-hydrogen) atoms. The van der Waals surface area contributed by atoms with Gasteiger partial charge in [-0.1, -0.05) is 0 Å². The maximum absolute atomic E-state index is 11.4. The van der Waals surface area contributed by atoms with Gasteiger partial charge in [0, 0.05) is 16.9 Å². The highest BCUT2D eigenvalue weighted by atomic mass is 79.9. The van der Waals surface area contributed by atoms with Gasteiger partial charge in [-0.3, -0.25) is 9.78 Å². The third-order valence-corrected chi connectivity index (χ3v) is 2.06. The zero-order chi connectivity index (χ0) is 11.4. The number of primary amides is 1. The van der Waals surface area contributed by atoms with E-state index in [4.69, 9.17) is 10.5 Å². The van der Waals surface area contributed by atoms with E-state index < -0.39 is 18.0 Å². The Labute approximate surface area is 94.8 Å². The van der Waals surface area contributed by atoms with Crippen molar-refractivity contribution in [3.63, 3.8) is 0 Å². The molecule has 0 aromatic carbocycles. The summed E-state index contributed by atoms with van der Waals surface area (Å²) in [6.45, 7) is 1.41. The number of aromatic nitrogens is 1. The molecule has 0 unspecified atom stereocenters. The molecular formula is C9H9BrN2O3. The fourth-order valence-electron chi connectivity index (χ4n) is 0.810. The van der Waals surface area contributed by atoms with Crippen LogP contribution in [-0.4, -0.2) is 23.0 Å². The van der Waals surface area contributed by atoms with Gasteiger partial charge in [-0.15, -0.1) is 0 Å². The van der Waals surface area contributed by atoms with Gasteiger partial charge >= 0.3 is 5.97 Å². The number of pyridine rings is 1. The second-order valence-electron chi connectivity index (χ2n) is 2.84. The SMILES string of the molecule is C[C@@H](OC(=O)c1cncc(Br)c1)C(N)=O. The summed E-state index contributed by atoms with van der Waals surface area (Å²) >= 11 is 3.16. The van der Waals surface area contributed by atoms with Crippen molar-refractivity contribution < 1.29 is 14.3 Å². The van der Waals surface area contributed by atoms with E-state index in [0.717, 1.165) is 0 Å². The Morgan fingerprint density at radius 1 is 1.53 bits per heavy atom. The fourth-order valence-corrected chi connectivity index (χ4v) is 1.18. The van der Waals surface area contributed by atoms with Crippen molar-refractivity contribution in [3.05, 3.63) is 28.5 Å². The minimum Gasteiger partial charge on any atom is -0.449 e. The van der Waals surface area contributed by atoms with Crippen LogP contribution in [0.2, 0.25) is 0 Å². The zero-order valence-corrected chi connectivity index (χ0v) is 9.52. The van der Waals surface area contributed by atoms with Crippen molar-refractivity contribution >= 4 is 27.8 Å². The summed E-state index contributed by atoms with van der Waals surface area (Å²) < 4.78 is 5.43. The van der Waals surface area contributed by atoms with E-state index in [2.05, 4.69) is 20.9 Å². The quantitative estimate of drug-likeness (QED) is 0.828. The van der Waals surface area contributed by atoms with Gasteiger partial charge in [-0.25, -0.2) is 4.79 Å². The molecule has 0 fully saturated rings. The molecule has 1 aromatic rings.